The molecule has 2 rings (SSSR count). The van der Waals surface area contributed by atoms with Crippen LogP contribution in [-0.2, 0) is 13.1 Å². The summed E-state index contributed by atoms with van der Waals surface area (Å²) in [4.78, 5) is 0. The molecule has 0 aliphatic carbocycles. The molecule has 0 aliphatic heterocycles. The van der Waals surface area contributed by atoms with E-state index in [-0.39, 0.29) is 0 Å². The van der Waals surface area contributed by atoms with Gasteiger partial charge < -0.3 is 10.3 Å². The van der Waals surface area contributed by atoms with Gasteiger partial charge in [-0.05, 0) is 11.6 Å². The second kappa shape index (κ2) is 4.16. The van der Waals surface area contributed by atoms with E-state index in [0.717, 1.165) is 17.6 Å². The van der Waals surface area contributed by atoms with Gasteiger partial charge in [0.05, 0.1) is 12.5 Å². The molecule has 0 saturated heterocycles. The average molecular weight is 199 g/mol. The van der Waals surface area contributed by atoms with Crippen molar-refractivity contribution in [2.45, 2.75) is 19.5 Å². The number of nitriles is 1. The number of nitrogens with two attached hydrogens (primary N) is 1. The van der Waals surface area contributed by atoms with Crippen LogP contribution >= 0.6 is 0 Å². The topological polar surface area (TPSA) is 54.7 Å². The lowest BCUT2D eigenvalue weighted by atomic mass is 10.2. The van der Waals surface area contributed by atoms with Gasteiger partial charge in [0.25, 0.3) is 0 Å². The third kappa shape index (κ3) is 1.72. The van der Waals surface area contributed by atoms with E-state index in [0.29, 0.717) is 13.0 Å². The van der Waals surface area contributed by atoms with Gasteiger partial charge in [-0.25, -0.2) is 0 Å². The molecule has 0 unspecified atom stereocenters. The molecule has 1 aromatic carbocycles. The molecule has 0 amide bonds. The first-order chi connectivity index (χ1) is 7.36. The number of fused-ring (bicyclic) bond motifs is 1. The van der Waals surface area contributed by atoms with Gasteiger partial charge in [0, 0.05) is 30.2 Å². The molecule has 2 aromatic rings. The van der Waals surface area contributed by atoms with Crippen molar-refractivity contribution in [2.75, 3.05) is 0 Å². The highest BCUT2D eigenvalue weighted by Crippen LogP contribution is 2.20. The molecular weight excluding hydrogens is 186 g/mol. The van der Waals surface area contributed by atoms with Crippen LogP contribution in [0.1, 0.15) is 12.0 Å². The average Bonchev–Trinajstić information content (AvgIpc) is 2.65. The summed E-state index contributed by atoms with van der Waals surface area (Å²) < 4.78 is 2.10. The van der Waals surface area contributed by atoms with Crippen LogP contribution in [0.2, 0.25) is 0 Å². The van der Waals surface area contributed by atoms with E-state index in [1.54, 1.807) is 0 Å². The largest absolute Gasteiger partial charge is 0.346 e. The van der Waals surface area contributed by atoms with E-state index in [1.807, 2.05) is 18.3 Å². The van der Waals surface area contributed by atoms with Gasteiger partial charge in [0.1, 0.15) is 0 Å². The first kappa shape index (κ1) is 9.75. The number of rotatable bonds is 3. The minimum atomic E-state index is 0.530. The van der Waals surface area contributed by atoms with Gasteiger partial charge in [-0.15, -0.1) is 0 Å². The zero-order valence-corrected chi connectivity index (χ0v) is 8.48. The van der Waals surface area contributed by atoms with Gasteiger partial charge in [0.15, 0.2) is 0 Å². The lowest BCUT2D eigenvalue weighted by molar-refractivity contribution is 0.740. The monoisotopic (exact) mass is 199 g/mol. The standard InChI is InChI=1S/C12H13N3/c13-6-3-7-15-9-10(8-14)11-4-1-2-5-12(11)15/h1-2,4-5,9H,3,7-8,14H2. The van der Waals surface area contributed by atoms with Crippen LogP contribution in [0.15, 0.2) is 30.5 Å². The number of aromatic nitrogens is 1. The number of para-hydroxylation sites is 1. The zero-order chi connectivity index (χ0) is 10.7. The number of nitrogens with zero attached hydrogens (tertiary/aromatic N) is 2. The van der Waals surface area contributed by atoms with Crippen molar-refractivity contribution in [1.82, 2.24) is 4.57 Å². The Balaban J connectivity index is 2.51. The van der Waals surface area contributed by atoms with Crippen molar-refractivity contribution in [3.8, 4) is 6.07 Å². The minimum Gasteiger partial charge on any atom is -0.346 e. The Kier molecular flexibility index (Phi) is 2.70. The Morgan fingerprint density at radius 2 is 2.13 bits per heavy atom. The summed E-state index contributed by atoms with van der Waals surface area (Å²) in [6.45, 7) is 1.27. The fourth-order valence-electron chi connectivity index (χ4n) is 1.84. The van der Waals surface area contributed by atoms with Gasteiger partial charge >= 0.3 is 0 Å². The minimum absolute atomic E-state index is 0.530. The summed E-state index contributed by atoms with van der Waals surface area (Å²) in [7, 11) is 0. The predicted octanol–water partition coefficient (Wildman–Crippen LogP) is 2.01. The summed E-state index contributed by atoms with van der Waals surface area (Å²) in [5.74, 6) is 0. The smallest absolute Gasteiger partial charge is 0.0640 e. The van der Waals surface area contributed by atoms with Crippen molar-refractivity contribution in [1.29, 1.82) is 5.26 Å². The third-order valence-electron chi connectivity index (χ3n) is 2.56. The van der Waals surface area contributed by atoms with Crippen LogP contribution in [0.4, 0.5) is 0 Å². The van der Waals surface area contributed by atoms with Gasteiger partial charge in [-0.3, -0.25) is 0 Å². The molecule has 1 heterocycles. The molecule has 1 aromatic heterocycles. The van der Waals surface area contributed by atoms with Crippen LogP contribution < -0.4 is 5.73 Å². The molecule has 0 aliphatic rings. The Morgan fingerprint density at radius 1 is 1.33 bits per heavy atom. The molecule has 0 fully saturated rings. The lowest BCUT2D eigenvalue weighted by Crippen LogP contribution is -1.96. The van der Waals surface area contributed by atoms with Gasteiger partial charge in [-0.2, -0.15) is 5.26 Å². The molecule has 0 atom stereocenters. The molecule has 0 spiro atoms. The Hall–Kier alpha value is -1.79. The van der Waals surface area contributed by atoms with Crippen LogP contribution in [-0.4, -0.2) is 4.57 Å². The van der Waals surface area contributed by atoms with E-state index >= 15 is 0 Å². The van der Waals surface area contributed by atoms with Gasteiger partial charge in [-0.1, -0.05) is 18.2 Å². The Bertz CT molecular complexity index is 505. The molecular formula is C12H13N3. The quantitative estimate of drug-likeness (QED) is 0.822. The summed E-state index contributed by atoms with van der Waals surface area (Å²) >= 11 is 0. The summed E-state index contributed by atoms with van der Waals surface area (Å²) in [6.07, 6.45) is 2.57. The third-order valence-corrected chi connectivity index (χ3v) is 2.56. The number of hydrogen-bond donors (Lipinski definition) is 1. The Labute approximate surface area is 88.7 Å². The molecule has 0 saturated carbocycles. The maximum Gasteiger partial charge on any atom is 0.0640 e. The maximum atomic E-state index is 8.58. The summed E-state index contributed by atoms with van der Waals surface area (Å²) in [6, 6.07) is 10.3. The first-order valence-electron chi connectivity index (χ1n) is 5.00. The Morgan fingerprint density at radius 3 is 2.87 bits per heavy atom. The van der Waals surface area contributed by atoms with Crippen LogP contribution in [0, 0.1) is 11.3 Å². The molecule has 0 radical (unpaired) electrons. The number of benzene rings is 1. The SMILES string of the molecule is N#CCCn1cc(CN)c2ccccc21. The van der Waals surface area contributed by atoms with Crippen molar-refractivity contribution in [3.63, 3.8) is 0 Å². The number of hydrogen-bond acceptors (Lipinski definition) is 2. The highest BCUT2D eigenvalue weighted by Gasteiger charge is 2.05. The molecule has 3 heteroatoms. The predicted molar refractivity (Wildman–Crippen MR) is 60.1 cm³/mol. The van der Waals surface area contributed by atoms with Crippen molar-refractivity contribution in [2.24, 2.45) is 5.73 Å². The van der Waals surface area contributed by atoms with E-state index in [2.05, 4.69) is 22.8 Å². The maximum absolute atomic E-state index is 8.58. The van der Waals surface area contributed by atoms with E-state index in [1.165, 1.54) is 5.39 Å². The van der Waals surface area contributed by atoms with E-state index < -0.39 is 0 Å². The lowest BCUT2D eigenvalue weighted by Gasteiger charge is -2.00. The zero-order valence-electron chi connectivity index (χ0n) is 8.48. The molecule has 0 bridgehead atoms. The first-order valence-corrected chi connectivity index (χ1v) is 5.00. The second-order valence-corrected chi connectivity index (χ2v) is 3.48. The molecule has 15 heavy (non-hydrogen) atoms. The van der Waals surface area contributed by atoms with E-state index in [9.17, 15) is 0 Å². The number of aryl methyl sites for hydroxylation is 1. The van der Waals surface area contributed by atoms with Crippen LogP contribution in [0.5, 0.6) is 0 Å². The van der Waals surface area contributed by atoms with Crippen LogP contribution in [0.25, 0.3) is 10.9 Å². The summed E-state index contributed by atoms with van der Waals surface area (Å²) in [5, 5.41) is 9.77. The fourth-order valence-corrected chi connectivity index (χ4v) is 1.84. The van der Waals surface area contributed by atoms with Crippen molar-refractivity contribution in [3.05, 3.63) is 36.0 Å². The normalized spacial score (nSPS) is 10.4. The summed E-state index contributed by atoms with van der Waals surface area (Å²) in [5.41, 5.74) is 7.98. The highest BCUT2D eigenvalue weighted by atomic mass is 15.0. The molecule has 76 valence electrons. The fraction of sp³-hybridized carbons (Fsp3) is 0.250. The van der Waals surface area contributed by atoms with Crippen molar-refractivity contribution < 1.29 is 0 Å². The highest BCUT2D eigenvalue weighted by molar-refractivity contribution is 5.83. The van der Waals surface area contributed by atoms with Crippen LogP contribution in [0.3, 0.4) is 0 Å². The molecule has 3 nitrogen and oxygen atoms in total. The molecule has 2 N–H and O–H groups in total. The van der Waals surface area contributed by atoms with E-state index in [4.69, 9.17) is 11.0 Å². The second-order valence-electron chi connectivity index (χ2n) is 3.48. The van der Waals surface area contributed by atoms with Gasteiger partial charge in [0.2, 0.25) is 0 Å². The van der Waals surface area contributed by atoms with Crippen molar-refractivity contribution >= 4 is 10.9 Å².